The third-order valence-electron chi connectivity index (χ3n) is 4.55. The highest BCUT2D eigenvalue weighted by Crippen LogP contribution is 2.45. The number of benzene rings is 1. The first kappa shape index (κ1) is 17.3. The van der Waals surface area contributed by atoms with Gasteiger partial charge in [0.05, 0.1) is 4.92 Å². The smallest absolute Gasteiger partial charge is 0.307 e. The van der Waals surface area contributed by atoms with Crippen LogP contribution in [0.1, 0.15) is 36.5 Å². The van der Waals surface area contributed by atoms with Crippen molar-refractivity contribution in [1.29, 1.82) is 0 Å². The zero-order valence-electron chi connectivity index (χ0n) is 13.3. The van der Waals surface area contributed by atoms with Gasteiger partial charge in [-0.3, -0.25) is 24.5 Å². The van der Waals surface area contributed by atoms with Crippen molar-refractivity contribution in [3.63, 3.8) is 0 Å². The summed E-state index contributed by atoms with van der Waals surface area (Å²) in [5, 5.41) is 11.4. The highest BCUT2D eigenvalue weighted by Gasteiger charge is 2.45. The number of Topliss-reactive ketones (excluding diaryl/α,β-unsaturated/α-hetero) is 2. The van der Waals surface area contributed by atoms with E-state index in [1.807, 2.05) is 0 Å². The van der Waals surface area contributed by atoms with Gasteiger partial charge in [-0.1, -0.05) is 11.6 Å². The van der Waals surface area contributed by atoms with Gasteiger partial charge < -0.3 is 4.74 Å². The molecule has 3 rings (SSSR count). The van der Waals surface area contributed by atoms with E-state index in [-0.39, 0.29) is 33.8 Å². The molecule has 2 atom stereocenters. The lowest BCUT2D eigenvalue weighted by Gasteiger charge is -2.23. The lowest BCUT2D eigenvalue weighted by molar-refractivity contribution is -0.385. The number of fused-ring (bicyclic) bond motifs is 2. The van der Waals surface area contributed by atoms with Crippen LogP contribution in [0.2, 0.25) is 5.02 Å². The molecule has 0 aromatic heterocycles. The normalized spacial score (nSPS) is 22.1. The van der Waals surface area contributed by atoms with Gasteiger partial charge in [0.1, 0.15) is 16.9 Å². The molecule has 2 bridgehead atoms. The molecule has 0 radical (unpaired) electrons. The van der Waals surface area contributed by atoms with E-state index in [1.165, 1.54) is 19.1 Å². The summed E-state index contributed by atoms with van der Waals surface area (Å²) in [6.45, 7) is 1.19. The van der Waals surface area contributed by atoms with Crippen LogP contribution in [0, 0.1) is 22.0 Å². The molecule has 0 heterocycles. The minimum atomic E-state index is -0.804. The highest BCUT2D eigenvalue weighted by molar-refractivity contribution is 6.32. The Bertz CT molecular complexity index is 844. The van der Waals surface area contributed by atoms with Crippen molar-refractivity contribution in [3.8, 4) is 0 Å². The van der Waals surface area contributed by atoms with E-state index in [0.717, 1.165) is 6.07 Å². The molecule has 130 valence electrons. The minimum absolute atomic E-state index is 0.0421. The molecule has 0 amide bonds. The number of rotatable bonds is 4. The number of halogens is 1. The molecule has 1 aromatic carbocycles. The van der Waals surface area contributed by atoms with Crippen LogP contribution < -0.4 is 0 Å². The van der Waals surface area contributed by atoms with Crippen molar-refractivity contribution >= 4 is 34.8 Å². The predicted molar refractivity (Wildman–Crippen MR) is 87.1 cm³/mol. The Morgan fingerprint density at radius 1 is 1.28 bits per heavy atom. The second-order valence-corrected chi connectivity index (χ2v) is 6.59. The lowest BCUT2D eigenvalue weighted by Crippen LogP contribution is -2.29. The number of hydrogen-bond donors (Lipinski definition) is 0. The average molecular weight is 364 g/mol. The van der Waals surface area contributed by atoms with Crippen LogP contribution in [0.5, 0.6) is 0 Å². The van der Waals surface area contributed by atoms with Gasteiger partial charge in [-0.2, -0.15) is 0 Å². The standard InChI is InChI=1S/C17H14ClNO6/c1-8(20)25-17-10-3-2-9(6-10)15(21)14(17)16(22)12-5-4-11(18)7-13(12)19(23)24/h4-5,7,9-10H,2-3,6H2,1H3. The van der Waals surface area contributed by atoms with Gasteiger partial charge in [0.15, 0.2) is 5.78 Å². The van der Waals surface area contributed by atoms with E-state index < -0.39 is 28.1 Å². The van der Waals surface area contributed by atoms with Crippen LogP contribution in [0.15, 0.2) is 29.5 Å². The van der Waals surface area contributed by atoms with Crippen LogP contribution >= 0.6 is 11.6 Å². The first-order chi connectivity index (χ1) is 11.8. The molecule has 2 unspecified atom stereocenters. The number of esters is 1. The largest absolute Gasteiger partial charge is 0.430 e. The Hall–Kier alpha value is -2.54. The maximum absolute atomic E-state index is 12.9. The molecule has 0 aliphatic heterocycles. The van der Waals surface area contributed by atoms with E-state index in [2.05, 4.69) is 0 Å². The first-order valence-electron chi connectivity index (χ1n) is 7.75. The van der Waals surface area contributed by atoms with Crippen molar-refractivity contribution in [2.45, 2.75) is 26.2 Å². The molecule has 7 nitrogen and oxygen atoms in total. The zero-order chi connectivity index (χ0) is 18.3. The van der Waals surface area contributed by atoms with Gasteiger partial charge in [0.2, 0.25) is 5.78 Å². The van der Waals surface area contributed by atoms with Crippen LogP contribution in [0.4, 0.5) is 5.69 Å². The molecule has 0 spiro atoms. The second kappa shape index (κ2) is 6.40. The van der Waals surface area contributed by atoms with Crippen molar-refractivity contribution in [2.24, 2.45) is 11.8 Å². The number of carbonyl (C=O) groups excluding carboxylic acids is 3. The number of hydrogen-bond acceptors (Lipinski definition) is 6. The summed E-state index contributed by atoms with van der Waals surface area (Å²) >= 11 is 5.77. The third-order valence-corrected chi connectivity index (χ3v) is 4.78. The van der Waals surface area contributed by atoms with Crippen LogP contribution in [0.25, 0.3) is 0 Å². The monoisotopic (exact) mass is 363 g/mol. The van der Waals surface area contributed by atoms with E-state index in [4.69, 9.17) is 16.3 Å². The number of nitro groups is 1. The molecule has 2 aliphatic rings. The molecule has 0 saturated heterocycles. The number of ether oxygens (including phenoxy) is 1. The lowest BCUT2D eigenvalue weighted by atomic mass is 9.83. The minimum Gasteiger partial charge on any atom is -0.430 e. The number of nitro benzene ring substituents is 1. The molecule has 25 heavy (non-hydrogen) atoms. The summed E-state index contributed by atoms with van der Waals surface area (Å²) in [5.74, 6) is -2.32. The van der Waals surface area contributed by atoms with Crippen molar-refractivity contribution < 1.29 is 24.0 Å². The highest BCUT2D eigenvalue weighted by atomic mass is 35.5. The number of nitrogens with zero attached hydrogens (tertiary/aromatic N) is 1. The summed E-state index contributed by atoms with van der Waals surface area (Å²) in [5.41, 5.74) is -0.985. The Morgan fingerprint density at radius 3 is 2.60 bits per heavy atom. The van der Waals surface area contributed by atoms with Gasteiger partial charge in [-0.05, 0) is 31.4 Å². The molecule has 8 heteroatoms. The van der Waals surface area contributed by atoms with Gasteiger partial charge in [-0.25, -0.2) is 0 Å². The number of ketones is 2. The zero-order valence-corrected chi connectivity index (χ0v) is 14.0. The Balaban J connectivity index is 2.15. The van der Waals surface area contributed by atoms with E-state index in [0.29, 0.717) is 19.3 Å². The predicted octanol–water partition coefficient (Wildman–Crippen LogP) is 3.25. The number of allylic oxidation sites excluding steroid dienone is 2. The molecule has 0 N–H and O–H groups in total. The molecular weight excluding hydrogens is 350 g/mol. The second-order valence-electron chi connectivity index (χ2n) is 6.15. The molecule has 1 aromatic rings. The molecule has 1 saturated carbocycles. The topological polar surface area (TPSA) is 104 Å². The fourth-order valence-corrected chi connectivity index (χ4v) is 3.65. The Kier molecular flexibility index (Phi) is 4.43. The first-order valence-corrected chi connectivity index (χ1v) is 8.12. The number of carbonyl (C=O) groups is 3. The van der Waals surface area contributed by atoms with Crippen LogP contribution in [-0.4, -0.2) is 22.5 Å². The summed E-state index contributed by atoms with van der Waals surface area (Å²) in [4.78, 5) is 47.5. The van der Waals surface area contributed by atoms with E-state index in [1.54, 1.807) is 0 Å². The van der Waals surface area contributed by atoms with Gasteiger partial charge in [0, 0.05) is 29.8 Å². The fourth-order valence-electron chi connectivity index (χ4n) is 3.48. The van der Waals surface area contributed by atoms with Gasteiger partial charge >= 0.3 is 5.97 Å². The van der Waals surface area contributed by atoms with E-state index in [9.17, 15) is 24.5 Å². The maximum atomic E-state index is 12.9. The molecule has 1 fully saturated rings. The van der Waals surface area contributed by atoms with Crippen molar-refractivity contribution in [2.75, 3.05) is 0 Å². The van der Waals surface area contributed by atoms with Crippen molar-refractivity contribution in [1.82, 2.24) is 0 Å². The third kappa shape index (κ3) is 3.07. The van der Waals surface area contributed by atoms with Crippen LogP contribution in [0.3, 0.4) is 0 Å². The van der Waals surface area contributed by atoms with Gasteiger partial charge in [-0.15, -0.1) is 0 Å². The van der Waals surface area contributed by atoms with Crippen LogP contribution in [-0.2, 0) is 14.3 Å². The van der Waals surface area contributed by atoms with Crippen molar-refractivity contribution in [3.05, 3.63) is 50.2 Å². The van der Waals surface area contributed by atoms with E-state index >= 15 is 0 Å². The summed E-state index contributed by atoms with van der Waals surface area (Å²) in [6, 6.07) is 3.61. The maximum Gasteiger partial charge on any atom is 0.307 e. The average Bonchev–Trinajstić information content (AvgIpc) is 2.98. The molecule has 2 aliphatic carbocycles. The van der Waals surface area contributed by atoms with Gasteiger partial charge in [0.25, 0.3) is 5.69 Å². The quantitative estimate of drug-likeness (QED) is 0.267. The Morgan fingerprint density at radius 2 is 1.96 bits per heavy atom. The SMILES string of the molecule is CC(=O)OC1=C(C(=O)c2ccc(Cl)cc2[N+](=O)[O-])C(=O)C2CCC1C2. The summed E-state index contributed by atoms with van der Waals surface area (Å²) in [7, 11) is 0. The molecular formula is C17H14ClNO6. The summed E-state index contributed by atoms with van der Waals surface area (Å²) in [6.07, 6.45) is 1.77. The fraction of sp³-hybridized carbons (Fsp3) is 0.353. The Labute approximate surface area is 147 Å². The summed E-state index contributed by atoms with van der Waals surface area (Å²) < 4.78 is 5.17.